The van der Waals surface area contributed by atoms with Gasteiger partial charge < -0.3 is 19.3 Å². The fraction of sp³-hybridized carbons (Fsp3) is 0.964. The number of hydrogen-bond donors (Lipinski definition) is 0. The minimum absolute atomic E-state index is 0.0565. The molecule has 0 N–H and O–H groups in total. The van der Waals surface area contributed by atoms with E-state index in [1.165, 1.54) is 173 Å². The average molecular weight is 878 g/mol. The quantitative estimate of drug-likeness (QED) is 0.0450. The summed E-state index contributed by atoms with van der Waals surface area (Å²) in [5, 5.41) is 0. The zero-order chi connectivity index (χ0) is 45.6. The minimum Gasteiger partial charge on any atom is -0.465 e. The Morgan fingerprint density at radius 3 is 1.40 bits per heavy atom. The molecule has 0 saturated carbocycles. The van der Waals surface area contributed by atoms with Gasteiger partial charge in [-0.1, -0.05) is 214 Å². The molecule has 0 spiro atoms. The molecule has 1 amide bonds. The van der Waals surface area contributed by atoms with Crippen molar-refractivity contribution in [2.24, 2.45) is 11.8 Å². The van der Waals surface area contributed by atoms with Gasteiger partial charge in [-0.05, 0) is 90.8 Å². The van der Waals surface area contributed by atoms with Gasteiger partial charge in [-0.3, -0.25) is 9.59 Å². The van der Waals surface area contributed by atoms with E-state index in [1.54, 1.807) is 0 Å². The number of carbonyl (C=O) groups is 2. The lowest BCUT2D eigenvalue weighted by atomic mass is 9.95. The SMILES string of the molecule is CCCCCCCC(=O)N(CCCN(C)C)C(CCCCCCCCCOCC(CCCC)CCCCCC)CCCCCCCCCOC(=O)C(CCCC)CCCCCC. The van der Waals surface area contributed by atoms with E-state index in [-0.39, 0.29) is 11.9 Å². The molecule has 0 rings (SSSR count). The number of carbonyl (C=O) groups excluding carboxylic acids is 2. The summed E-state index contributed by atoms with van der Waals surface area (Å²) in [6.07, 6.45) is 47.3. The van der Waals surface area contributed by atoms with Gasteiger partial charge in [0, 0.05) is 32.2 Å². The Morgan fingerprint density at radius 1 is 0.419 bits per heavy atom. The first-order valence-corrected chi connectivity index (χ1v) is 28.0. The fourth-order valence-corrected chi connectivity index (χ4v) is 9.23. The predicted molar refractivity (Wildman–Crippen MR) is 271 cm³/mol. The van der Waals surface area contributed by atoms with E-state index < -0.39 is 0 Å². The van der Waals surface area contributed by atoms with Crippen LogP contribution in [0.4, 0.5) is 0 Å². The highest BCUT2D eigenvalue weighted by atomic mass is 16.5. The van der Waals surface area contributed by atoms with Gasteiger partial charge in [-0.25, -0.2) is 0 Å². The Balaban J connectivity index is 4.82. The number of nitrogens with zero attached hydrogens (tertiary/aromatic N) is 2. The third kappa shape index (κ3) is 39.2. The molecule has 0 aromatic carbocycles. The summed E-state index contributed by atoms with van der Waals surface area (Å²) in [5.74, 6) is 1.33. The van der Waals surface area contributed by atoms with Crippen molar-refractivity contribution in [3.05, 3.63) is 0 Å². The van der Waals surface area contributed by atoms with Crippen LogP contribution in [0.1, 0.15) is 285 Å². The van der Waals surface area contributed by atoms with Crippen molar-refractivity contribution in [3.8, 4) is 0 Å². The van der Waals surface area contributed by atoms with Gasteiger partial charge >= 0.3 is 5.97 Å². The van der Waals surface area contributed by atoms with Gasteiger partial charge in [-0.15, -0.1) is 0 Å². The van der Waals surface area contributed by atoms with Crippen LogP contribution in [0.25, 0.3) is 0 Å². The highest BCUT2D eigenvalue weighted by molar-refractivity contribution is 5.76. The van der Waals surface area contributed by atoms with Gasteiger partial charge in [0.15, 0.2) is 0 Å². The number of unbranched alkanes of at least 4 members (excludes halogenated alkanes) is 24. The second-order valence-corrected chi connectivity index (χ2v) is 19.9. The third-order valence-corrected chi connectivity index (χ3v) is 13.4. The molecule has 0 aliphatic rings. The van der Waals surface area contributed by atoms with Crippen molar-refractivity contribution in [1.82, 2.24) is 9.80 Å². The molecule has 0 aromatic rings. The zero-order valence-electron chi connectivity index (χ0n) is 43.4. The lowest BCUT2D eigenvalue weighted by molar-refractivity contribution is -0.149. The summed E-state index contributed by atoms with van der Waals surface area (Å²) in [6.45, 7) is 15.8. The van der Waals surface area contributed by atoms with Crippen LogP contribution in [-0.4, -0.2) is 74.7 Å². The van der Waals surface area contributed by atoms with Gasteiger partial charge in [0.25, 0.3) is 0 Å². The van der Waals surface area contributed by atoms with Crippen molar-refractivity contribution in [2.45, 2.75) is 291 Å². The van der Waals surface area contributed by atoms with E-state index in [9.17, 15) is 9.59 Å². The molecule has 0 saturated heterocycles. The lowest BCUT2D eigenvalue weighted by Gasteiger charge is -2.33. The number of amides is 1. The molecule has 0 heterocycles. The number of esters is 1. The van der Waals surface area contributed by atoms with Crippen LogP contribution < -0.4 is 0 Å². The van der Waals surface area contributed by atoms with E-state index >= 15 is 0 Å². The van der Waals surface area contributed by atoms with Crippen LogP contribution in [0, 0.1) is 11.8 Å². The molecule has 0 aliphatic heterocycles. The molecule has 6 nitrogen and oxygen atoms in total. The molecule has 0 radical (unpaired) electrons. The molecule has 370 valence electrons. The second kappa shape index (κ2) is 47.8. The molecule has 3 atom stereocenters. The monoisotopic (exact) mass is 877 g/mol. The van der Waals surface area contributed by atoms with Gasteiger partial charge in [0.1, 0.15) is 0 Å². The van der Waals surface area contributed by atoms with Crippen LogP contribution in [0.5, 0.6) is 0 Å². The molecule has 0 aliphatic carbocycles. The summed E-state index contributed by atoms with van der Waals surface area (Å²) in [4.78, 5) is 31.3. The highest BCUT2D eigenvalue weighted by Crippen LogP contribution is 2.23. The Morgan fingerprint density at radius 2 is 0.839 bits per heavy atom. The van der Waals surface area contributed by atoms with Crippen molar-refractivity contribution in [3.63, 3.8) is 0 Å². The van der Waals surface area contributed by atoms with Crippen LogP contribution in [0.15, 0.2) is 0 Å². The maximum Gasteiger partial charge on any atom is 0.308 e. The Hall–Kier alpha value is -1.14. The van der Waals surface area contributed by atoms with E-state index in [0.717, 1.165) is 109 Å². The van der Waals surface area contributed by atoms with E-state index in [1.807, 2.05) is 0 Å². The summed E-state index contributed by atoms with van der Waals surface area (Å²) >= 11 is 0. The number of hydrogen-bond acceptors (Lipinski definition) is 5. The normalized spacial score (nSPS) is 13.2. The molecule has 6 heteroatoms. The summed E-state index contributed by atoms with van der Waals surface area (Å²) in [6, 6.07) is 0.382. The lowest BCUT2D eigenvalue weighted by Crippen LogP contribution is -2.41. The van der Waals surface area contributed by atoms with Crippen molar-refractivity contribution >= 4 is 11.9 Å². The van der Waals surface area contributed by atoms with Crippen molar-refractivity contribution in [2.75, 3.05) is 47.0 Å². The van der Waals surface area contributed by atoms with Gasteiger partial charge in [0.2, 0.25) is 5.91 Å². The second-order valence-electron chi connectivity index (χ2n) is 19.9. The molecule has 62 heavy (non-hydrogen) atoms. The highest BCUT2D eigenvalue weighted by Gasteiger charge is 2.23. The Bertz CT molecular complexity index is 928. The molecule has 3 unspecified atom stereocenters. The summed E-state index contributed by atoms with van der Waals surface area (Å²) in [5.41, 5.74) is 0. The average Bonchev–Trinajstić information content (AvgIpc) is 3.26. The Labute approximate surface area is 389 Å². The molecular formula is C56H112N2O4. The number of ether oxygens (including phenoxy) is 2. The summed E-state index contributed by atoms with van der Waals surface area (Å²) in [7, 11) is 4.30. The Kier molecular flexibility index (Phi) is 46.9. The molecule has 0 bridgehead atoms. The van der Waals surface area contributed by atoms with E-state index in [2.05, 4.69) is 58.5 Å². The van der Waals surface area contributed by atoms with Gasteiger partial charge in [-0.2, -0.15) is 0 Å². The number of rotatable bonds is 50. The topological polar surface area (TPSA) is 59.1 Å². The molecule has 0 fully saturated rings. The summed E-state index contributed by atoms with van der Waals surface area (Å²) < 4.78 is 12.0. The van der Waals surface area contributed by atoms with Crippen LogP contribution >= 0.6 is 0 Å². The maximum absolute atomic E-state index is 13.9. The predicted octanol–water partition coefficient (Wildman–Crippen LogP) is 16.9. The smallest absolute Gasteiger partial charge is 0.308 e. The first-order valence-electron chi connectivity index (χ1n) is 28.0. The maximum atomic E-state index is 13.9. The third-order valence-electron chi connectivity index (χ3n) is 13.4. The fourth-order valence-electron chi connectivity index (χ4n) is 9.23. The van der Waals surface area contributed by atoms with E-state index in [0.29, 0.717) is 18.6 Å². The molecular weight excluding hydrogens is 765 g/mol. The standard InChI is InChI=1S/C56H112N2O4/c1-8-13-18-27-36-46-55(59)58(48-39-47-57(6)7)54(44-34-28-23-21-25-30-37-49-61-51-52(40-16-11-4)41-32-19-14-9-2)45-35-29-24-22-26-31-38-50-62-56(60)53(42-17-12-5)43-33-20-15-10-3/h52-54H,8-51H2,1-7H3. The van der Waals surface area contributed by atoms with Crippen molar-refractivity contribution < 1.29 is 19.1 Å². The first kappa shape index (κ1) is 60.9. The van der Waals surface area contributed by atoms with E-state index in [4.69, 9.17) is 9.47 Å². The molecule has 0 aromatic heterocycles. The minimum atomic E-state index is 0.0565. The van der Waals surface area contributed by atoms with Crippen LogP contribution in [-0.2, 0) is 19.1 Å². The van der Waals surface area contributed by atoms with Crippen molar-refractivity contribution in [1.29, 1.82) is 0 Å². The van der Waals surface area contributed by atoms with Gasteiger partial charge in [0.05, 0.1) is 12.5 Å². The van der Waals surface area contributed by atoms with Crippen LogP contribution in [0.2, 0.25) is 0 Å². The zero-order valence-corrected chi connectivity index (χ0v) is 43.4. The first-order chi connectivity index (χ1) is 30.3. The largest absolute Gasteiger partial charge is 0.465 e. The van der Waals surface area contributed by atoms with Crippen LogP contribution in [0.3, 0.4) is 0 Å².